The molecule has 0 saturated heterocycles. The second-order valence-corrected chi connectivity index (χ2v) is 6.19. The average molecular weight is 311 g/mol. The maximum absolute atomic E-state index is 12.7. The second-order valence-electron chi connectivity index (χ2n) is 6.19. The third-order valence-corrected chi connectivity index (χ3v) is 4.97. The fourth-order valence-corrected chi connectivity index (χ4v) is 3.86. The van der Waals surface area contributed by atoms with Gasteiger partial charge in [-0.15, -0.1) is 0 Å². The number of aliphatic hydroxyl groups excluding tert-OH is 1. The molecule has 6 heteroatoms. The Morgan fingerprint density at radius 2 is 1.96 bits per heavy atom. The van der Waals surface area contributed by atoms with Gasteiger partial charge in [0.1, 0.15) is 11.8 Å². The van der Waals surface area contributed by atoms with Gasteiger partial charge in [-0.25, -0.2) is 9.36 Å². The van der Waals surface area contributed by atoms with Gasteiger partial charge in [0.25, 0.3) is 0 Å². The summed E-state index contributed by atoms with van der Waals surface area (Å²) in [7, 11) is 0. The number of nitrogens with zero attached hydrogens (tertiary/aromatic N) is 3. The van der Waals surface area contributed by atoms with E-state index in [9.17, 15) is 20.3 Å². The largest absolute Gasteiger partial charge is 0.493 e. The predicted octanol–water partition coefficient (Wildman–Crippen LogP) is 1.53. The van der Waals surface area contributed by atoms with Crippen molar-refractivity contribution in [3.63, 3.8) is 0 Å². The maximum Gasteiger partial charge on any atom is 0.336 e. The fraction of sp³-hybridized carbons (Fsp3) is 0.412. The number of nitriles is 1. The minimum atomic E-state index is -0.807. The van der Waals surface area contributed by atoms with Crippen molar-refractivity contribution in [2.24, 2.45) is 0 Å². The molecule has 1 atom stereocenters. The maximum atomic E-state index is 12.7. The van der Waals surface area contributed by atoms with Crippen LogP contribution in [0.15, 0.2) is 16.9 Å². The highest BCUT2D eigenvalue weighted by atomic mass is 16.3. The lowest BCUT2D eigenvalue weighted by atomic mass is 9.87. The topological polar surface area (TPSA) is 91.2 Å². The van der Waals surface area contributed by atoms with Crippen LogP contribution in [-0.4, -0.2) is 19.3 Å². The Balaban J connectivity index is 1.99. The molecule has 0 spiro atoms. The summed E-state index contributed by atoms with van der Waals surface area (Å²) in [6, 6.07) is 5.65. The summed E-state index contributed by atoms with van der Waals surface area (Å²) in [5, 5.41) is 29.8. The van der Waals surface area contributed by atoms with Gasteiger partial charge < -0.3 is 10.2 Å². The van der Waals surface area contributed by atoms with E-state index in [4.69, 9.17) is 0 Å². The third kappa shape index (κ3) is 1.87. The van der Waals surface area contributed by atoms with Crippen LogP contribution in [0.5, 0.6) is 5.88 Å². The smallest absolute Gasteiger partial charge is 0.336 e. The molecule has 6 nitrogen and oxygen atoms in total. The number of benzene rings is 1. The molecule has 2 aliphatic rings. The Morgan fingerprint density at radius 1 is 1.22 bits per heavy atom. The van der Waals surface area contributed by atoms with Crippen LogP contribution in [0.3, 0.4) is 0 Å². The number of imidazole rings is 1. The first-order chi connectivity index (χ1) is 11.1. The number of aromatic hydroxyl groups is 1. The quantitative estimate of drug-likeness (QED) is 0.835. The molecule has 0 saturated carbocycles. The van der Waals surface area contributed by atoms with E-state index < -0.39 is 6.10 Å². The number of hydrogen-bond donors (Lipinski definition) is 2. The van der Waals surface area contributed by atoms with Gasteiger partial charge in [-0.1, -0.05) is 0 Å². The molecule has 0 fully saturated rings. The molecule has 0 amide bonds. The molecule has 0 radical (unpaired) electrons. The molecule has 2 heterocycles. The van der Waals surface area contributed by atoms with Gasteiger partial charge in [0.15, 0.2) is 0 Å². The molecule has 1 aromatic carbocycles. The van der Waals surface area contributed by atoms with E-state index >= 15 is 0 Å². The highest BCUT2D eigenvalue weighted by molar-refractivity contribution is 5.56. The summed E-state index contributed by atoms with van der Waals surface area (Å²) < 4.78 is 2.72. The Hall–Kier alpha value is -2.52. The monoisotopic (exact) mass is 311 g/mol. The summed E-state index contributed by atoms with van der Waals surface area (Å²) in [6.07, 6.45) is 3.27. The molecule has 0 bridgehead atoms. The summed E-state index contributed by atoms with van der Waals surface area (Å²) in [4.78, 5) is 12.7. The van der Waals surface area contributed by atoms with E-state index in [2.05, 4.69) is 6.07 Å². The number of aliphatic hydroxyl groups is 1. The molecule has 1 aromatic heterocycles. The highest BCUT2D eigenvalue weighted by Crippen LogP contribution is 2.36. The standard InChI is InChI=1S/C17H17N3O3/c18-9-10-5-6-13(12-4-2-1-3-11(10)12)20-16(22)15-14(21)7-8-19(15)17(20)23/h5-6,14,21-22H,1-4,7-8H2/t14-/m1/s1. The normalized spacial score (nSPS) is 19.2. The minimum Gasteiger partial charge on any atom is -0.493 e. The second kappa shape index (κ2) is 5.00. The zero-order chi connectivity index (χ0) is 16.1. The van der Waals surface area contributed by atoms with E-state index in [1.807, 2.05) is 0 Å². The first kappa shape index (κ1) is 14.1. The van der Waals surface area contributed by atoms with Crippen LogP contribution in [0.4, 0.5) is 0 Å². The minimum absolute atomic E-state index is 0.183. The Labute approximate surface area is 132 Å². The van der Waals surface area contributed by atoms with Gasteiger partial charge in [0.05, 0.1) is 17.3 Å². The SMILES string of the molecule is N#Cc1ccc(-n2c(O)c3n(c2=O)CC[C@H]3O)c2c1CCCC2. The molecule has 0 unspecified atom stereocenters. The van der Waals surface area contributed by atoms with E-state index in [1.165, 1.54) is 9.13 Å². The summed E-state index contributed by atoms with van der Waals surface area (Å²) in [6.45, 7) is 0.411. The van der Waals surface area contributed by atoms with Gasteiger partial charge in [0, 0.05) is 6.54 Å². The van der Waals surface area contributed by atoms with E-state index in [-0.39, 0.29) is 11.6 Å². The number of fused-ring (bicyclic) bond motifs is 2. The fourth-order valence-electron chi connectivity index (χ4n) is 3.86. The van der Waals surface area contributed by atoms with Gasteiger partial charge in [-0.3, -0.25) is 4.57 Å². The first-order valence-corrected chi connectivity index (χ1v) is 7.91. The van der Waals surface area contributed by atoms with Crippen molar-refractivity contribution >= 4 is 0 Å². The van der Waals surface area contributed by atoms with Crippen molar-refractivity contribution in [1.82, 2.24) is 9.13 Å². The van der Waals surface area contributed by atoms with Crippen LogP contribution in [0.1, 0.15) is 47.8 Å². The van der Waals surface area contributed by atoms with Crippen LogP contribution in [-0.2, 0) is 19.4 Å². The van der Waals surface area contributed by atoms with Crippen LogP contribution < -0.4 is 5.69 Å². The van der Waals surface area contributed by atoms with Crippen molar-refractivity contribution in [2.75, 3.05) is 0 Å². The van der Waals surface area contributed by atoms with E-state index in [0.29, 0.717) is 29.9 Å². The number of hydrogen-bond acceptors (Lipinski definition) is 4. The lowest BCUT2D eigenvalue weighted by Crippen LogP contribution is -2.24. The molecule has 23 heavy (non-hydrogen) atoms. The predicted molar refractivity (Wildman–Crippen MR) is 82.6 cm³/mol. The molecule has 2 N–H and O–H groups in total. The molecule has 4 rings (SSSR count). The van der Waals surface area contributed by atoms with Gasteiger partial charge in [-0.05, 0) is 55.4 Å². The lowest BCUT2D eigenvalue weighted by molar-refractivity contribution is 0.175. The number of rotatable bonds is 1. The molecule has 1 aliphatic carbocycles. The number of aromatic nitrogens is 2. The van der Waals surface area contributed by atoms with E-state index in [1.54, 1.807) is 12.1 Å². The van der Waals surface area contributed by atoms with Crippen LogP contribution in [0.25, 0.3) is 5.69 Å². The first-order valence-electron chi connectivity index (χ1n) is 7.91. The third-order valence-electron chi connectivity index (χ3n) is 4.97. The van der Waals surface area contributed by atoms with E-state index in [0.717, 1.165) is 36.8 Å². The van der Waals surface area contributed by atoms with Crippen molar-refractivity contribution in [1.29, 1.82) is 5.26 Å². The average Bonchev–Trinajstić information content (AvgIpc) is 3.07. The zero-order valence-electron chi connectivity index (χ0n) is 12.6. The Morgan fingerprint density at radius 3 is 2.65 bits per heavy atom. The molecule has 2 aromatic rings. The zero-order valence-corrected chi connectivity index (χ0v) is 12.6. The van der Waals surface area contributed by atoms with Crippen molar-refractivity contribution < 1.29 is 10.2 Å². The van der Waals surface area contributed by atoms with Crippen molar-refractivity contribution in [3.8, 4) is 17.6 Å². The van der Waals surface area contributed by atoms with Crippen molar-refractivity contribution in [2.45, 2.75) is 44.8 Å². The molecular formula is C17H17N3O3. The Kier molecular flexibility index (Phi) is 3.06. The molecular weight excluding hydrogens is 294 g/mol. The Bertz CT molecular complexity index is 901. The highest BCUT2D eigenvalue weighted by Gasteiger charge is 2.32. The van der Waals surface area contributed by atoms with Crippen LogP contribution >= 0.6 is 0 Å². The van der Waals surface area contributed by atoms with Gasteiger partial charge >= 0.3 is 5.69 Å². The van der Waals surface area contributed by atoms with Crippen LogP contribution in [0, 0.1) is 11.3 Å². The van der Waals surface area contributed by atoms with Crippen LogP contribution in [0.2, 0.25) is 0 Å². The van der Waals surface area contributed by atoms with Crippen molar-refractivity contribution in [3.05, 3.63) is 45.0 Å². The molecule has 118 valence electrons. The summed E-state index contributed by atoms with van der Waals surface area (Å²) >= 11 is 0. The van der Waals surface area contributed by atoms with Gasteiger partial charge in [0.2, 0.25) is 5.88 Å². The van der Waals surface area contributed by atoms with Gasteiger partial charge in [-0.2, -0.15) is 5.26 Å². The summed E-state index contributed by atoms with van der Waals surface area (Å²) in [5.74, 6) is -0.183. The lowest BCUT2D eigenvalue weighted by Gasteiger charge is -2.21. The molecule has 1 aliphatic heterocycles. The summed E-state index contributed by atoms with van der Waals surface area (Å²) in [5.41, 5.74) is 3.19.